The van der Waals surface area contributed by atoms with Crippen molar-refractivity contribution in [1.82, 2.24) is 20.2 Å². The molecule has 2 rings (SSSR count). The maximum absolute atomic E-state index is 12.3. The van der Waals surface area contributed by atoms with Gasteiger partial charge in [-0.1, -0.05) is 30.6 Å². The number of hydrogen-bond donors (Lipinski definition) is 3. The molecule has 0 aliphatic heterocycles. The first-order valence-electron chi connectivity index (χ1n) is 9.45. The van der Waals surface area contributed by atoms with Crippen molar-refractivity contribution in [3.8, 4) is 0 Å². The van der Waals surface area contributed by atoms with Gasteiger partial charge in [0.2, 0.25) is 5.95 Å². The summed E-state index contributed by atoms with van der Waals surface area (Å²) in [6, 6.07) is 6.83. The predicted octanol–water partition coefficient (Wildman–Crippen LogP) is 3.61. The number of nitrogens with zero attached hydrogens (tertiary/aromatic N) is 3. The number of anilines is 1. The van der Waals surface area contributed by atoms with E-state index in [0.717, 1.165) is 12.8 Å². The van der Waals surface area contributed by atoms with Crippen LogP contribution in [0.2, 0.25) is 0 Å². The lowest BCUT2D eigenvalue weighted by Gasteiger charge is -2.09. The van der Waals surface area contributed by atoms with Crippen LogP contribution in [0, 0.1) is 0 Å². The molecule has 0 unspecified atom stereocenters. The zero-order chi connectivity index (χ0) is 23.2. The molecule has 0 spiro atoms. The number of para-hydroxylation sites is 2. The minimum Gasteiger partial charge on any atom is -0.453 e. The van der Waals surface area contributed by atoms with E-state index in [1.807, 2.05) is 25.3 Å². The zero-order valence-corrected chi connectivity index (χ0v) is 19.0. The van der Waals surface area contributed by atoms with E-state index in [2.05, 4.69) is 35.7 Å². The SMILES string of the molecule is CCCCNC(=O)n1c(NC(=O)OC)nc2ccccc21.CNC(=O)O/N=C(\C)SC. The third-order valence-electron chi connectivity index (χ3n) is 3.73. The largest absolute Gasteiger partial charge is 0.453 e. The van der Waals surface area contributed by atoms with Gasteiger partial charge in [-0.3, -0.25) is 10.2 Å². The van der Waals surface area contributed by atoms with Gasteiger partial charge in [0.15, 0.2) is 0 Å². The predicted molar refractivity (Wildman–Crippen MR) is 122 cm³/mol. The average Bonchev–Trinajstić information content (AvgIpc) is 3.15. The number of imidazole rings is 1. The molecule has 1 aromatic carbocycles. The van der Waals surface area contributed by atoms with Crippen molar-refractivity contribution < 1.29 is 24.0 Å². The topological polar surface area (TPSA) is 136 Å². The Balaban J connectivity index is 0.000000407. The Morgan fingerprint density at radius 1 is 1.23 bits per heavy atom. The van der Waals surface area contributed by atoms with Gasteiger partial charge in [-0.2, -0.15) is 0 Å². The normalized spacial score (nSPS) is 10.5. The van der Waals surface area contributed by atoms with Crippen LogP contribution in [0.5, 0.6) is 0 Å². The molecule has 170 valence electrons. The lowest BCUT2D eigenvalue weighted by molar-refractivity contribution is 0.153. The first-order valence-corrected chi connectivity index (χ1v) is 10.7. The van der Waals surface area contributed by atoms with E-state index in [9.17, 15) is 14.4 Å². The summed E-state index contributed by atoms with van der Waals surface area (Å²) in [7, 11) is 2.73. The molecule has 2 aromatic rings. The maximum atomic E-state index is 12.3. The summed E-state index contributed by atoms with van der Waals surface area (Å²) >= 11 is 1.42. The molecule has 31 heavy (non-hydrogen) atoms. The summed E-state index contributed by atoms with van der Waals surface area (Å²) in [6.07, 6.45) is 2.50. The van der Waals surface area contributed by atoms with Gasteiger partial charge in [0.1, 0.15) is 5.04 Å². The molecule has 1 heterocycles. The number of fused-ring (bicyclic) bond motifs is 1. The fourth-order valence-electron chi connectivity index (χ4n) is 2.10. The Bertz CT molecular complexity index is 914. The average molecular weight is 453 g/mol. The molecule has 11 nitrogen and oxygen atoms in total. The molecule has 12 heteroatoms. The van der Waals surface area contributed by atoms with Crippen LogP contribution < -0.4 is 16.0 Å². The van der Waals surface area contributed by atoms with Gasteiger partial charge in [0.05, 0.1) is 18.1 Å². The third-order valence-corrected chi connectivity index (χ3v) is 4.39. The highest BCUT2D eigenvalue weighted by Crippen LogP contribution is 2.19. The van der Waals surface area contributed by atoms with Crippen molar-refractivity contribution in [2.75, 3.05) is 32.3 Å². The molecule has 0 atom stereocenters. The molecule has 1 aromatic heterocycles. The van der Waals surface area contributed by atoms with Gasteiger partial charge in [0.25, 0.3) is 0 Å². The van der Waals surface area contributed by atoms with Crippen LogP contribution in [-0.4, -0.2) is 59.8 Å². The van der Waals surface area contributed by atoms with Crippen molar-refractivity contribution in [2.24, 2.45) is 5.16 Å². The number of carbonyl (C=O) groups is 3. The number of hydrogen-bond acceptors (Lipinski definition) is 8. The molecule has 0 radical (unpaired) electrons. The number of thioether (sulfide) groups is 1. The fraction of sp³-hybridized carbons (Fsp3) is 0.421. The van der Waals surface area contributed by atoms with Crippen LogP contribution in [0.15, 0.2) is 29.4 Å². The minimum absolute atomic E-state index is 0.136. The van der Waals surface area contributed by atoms with E-state index < -0.39 is 12.2 Å². The second-order valence-corrected chi connectivity index (χ2v) is 6.90. The summed E-state index contributed by atoms with van der Waals surface area (Å²) in [6.45, 7) is 4.37. The first kappa shape index (κ1) is 25.8. The third kappa shape index (κ3) is 8.54. The van der Waals surface area contributed by atoms with E-state index >= 15 is 0 Å². The van der Waals surface area contributed by atoms with Crippen LogP contribution in [0.1, 0.15) is 26.7 Å². The summed E-state index contributed by atoms with van der Waals surface area (Å²) in [5.41, 5.74) is 1.24. The standard InChI is InChI=1S/C14H18N4O3.C5H10N2O2S/c1-3-4-9-15-13(19)18-11-8-6-5-7-10(11)16-12(18)17-14(20)21-2;1-4(10-3)7-9-5(8)6-2/h5-8H,3-4,9H2,1-2H3,(H,15,19)(H,16,17,20);1-3H3,(H,6,8)/b;7-4+. The summed E-state index contributed by atoms with van der Waals surface area (Å²) < 4.78 is 5.88. The number of oxime groups is 1. The minimum atomic E-state index is -0.673. The van der Waals surface area contributed by atoms with Gasteiger partial charge in [-0.15, -0.1) is 11.8 Å². The Labute approximate surface area is 184 Å². The van der Waals surface area contributed by atoms with E-state index in [-0.39, 0.29) is 12.0 Å². The lowest BCUT2D eigenvalue weighted by atomic mass is 10.3. The van der Waals surface area contributed by atoms with Crippen LogP contribution in [0.4, 0.5) is 20.3 Å². The molecular weight excluding hydrogens is 424 g/mol. The second-order valence-electron chi connectivity index (χ2n) is 5.90. The van der Waals surface area contributed by atoms with Crippen molar-refractivity contribution in [2.45, 2.75) is 26.7 Å². The highest BCUT2D eigenvalue weighted by Gasteiger charge is 2.18. The zero-order valence-electron chi connectivity index (χ0n) is 18.2. The smallest absolute Gasteiger partial charge is 0.433 e. The van der Waals surface area contributed by atoms with Gasteiger partial charge in [-0.05, 0) is 31.7 Å². The lowest BCUT2D eigenvalue weighted by Crippen LogP contribution is -2.31. The van der Waals surface area contributed by atoms with Gasteiger partial charge in [-0.25, -0.2) is 23.9 Å². The van der Waals surface area contributed by atoms with Crippen LogP contribution in [-0.2, 0) is 9.57 Å². The maximum Gasteiger partial charge on any atom is 0.433 e. The number of aromatic nitrogens is 2. The quantitative estimate of drug-likeness (QED) is 0.207. The number of methoxy groups -OCH3 is 1. The van der Waals surface area contributed by atoms with Crippen LogP contribution >= 0.6 is 11.8 Å². The molecule has 0 aliphatic rings. The molecular formula is C19H28N6O5S. The van der Waals surface area contributed by atoms with Gasteiger partial charge in [0, 0.05) is 13.6 Å². The Morgan fingerprint density at radius 2 is 1.94 bits per heavy atom. The second kappa shape index (κ2) is 13.9. The number of ether oxygens (including phenoxy) is 1. The number of rotatable bonds is 5. The number of nitrogens with one attached hydrogen (secondary N) is 3. The molecule has 0 bridgehead atoms. The highest BCUT2D eigenvalue weighted by atomic mass is 32.2. The van der Waals surface area contributed by atoms with E-state index in [1.54, 1.807) is 19.1 Å². The molecule has 0 saturated carbocycles. The monoisotopic (exact) mass is 452 g/mol. The van der Waals surface area contributed by atoms with E-state index in [0.29, 0.717) is 22.6 Å². The van der Waals surface area contributed by atoms with E-state index in [4.69, 9.17) is 0 Å². The van der Waals surface area contributed by atoms with Crippen LogP contribution in [0.3, 0.4) is 0 Å². The Morgan fingerprint density at radius 3 is 2.55 bits per heavy atom. The Kier molecular flexibility index (Phi) is 11.5. The van der Waals surface area contributed by atoms with Crippen molar-refractivity contribution in [3.05, 3.63) is 24.3 Å². The number of unbranched alkanes of at least 4 members (excludes halogenated alkanes) is 1. The molecule has 3 amide bonds. The summed E-state index contributed by atoms with van der Waals surface area (Å²) in [4.78, 5) is 42.7. The van der Waals surface area contributed by atoms with Crippen LogP contribution in [0.25, 0.3) is 11.0 Å². The number of carbonyl (C=O) groups excluding carboxylic acids is 3. The fourth-order valence-corrected chi connectivity index (χ4v) is 2.21. The van der Waals surface area contributed by atoms with Gasteiger partial charge < -0.3 is 15.4 Å². The molecule has 3 N–H and O–H groups in total. The number of amides is 3. The molecule has 0 aliphatic carbocycles. The van der Waals surface area contributed by atoms with E-state index in [1.165, 1.54) is 30.5 Å². The van der Waals surface area contributed by atoms with Gasteiger partial charge >= 0.3 is 18.2 Å². The summed E-state index contributed by atoms with van der Waals surface area (Å²) in [5.74, 6) is 0.136. The van der Waals surface area contributed by atoms with Crippen molar-refractivity contribution in [1.29, 1.82) is 0 Å². The Hall–Kier alpha value is -3.28. The first-order chi connectivity index (χ1) is 14.9. The molecule has 0 fully saturated rings. The summed E-state index contributed by atoms with van der Waals surface area (Å²) in [5, 5.41) is 11.7. The van der Waals surface area contributed by atoms with Crippen molar-refractivity contribution in [3.63, 3.8) is 0 Å². The number of benzene rings is 1. The highest BCUT2D eigenvalue weighted by molar-refractivity contribution is 8.13. The molecule has 0 saturated heterocycles. The van der Waals surface area contributed by atoms with Crippen molar-refractivity contribution >= 4 is 52.0 Å².